The van der Waals surface area contributed by atoms with Crippen molar-refractivity contribution in [1.82, 2.24) is 9.97 Å². The van der Waals surface area contributed by atoms with Gasteiger partial charge in [-0.1, -0.05) is 17.8 Å². The van der Waals surface area contributed by atoms with Crippen LogP contribution in [0.5, 0.6) is 0 Å². The first-order valence-electron chi connectivity index (χ1n) is 9.78. The van der Waals surface area contributed by atoms with Gasteiger partial charge < -0.3 is 10.5 Å². The van der Waals surface area contributed by atoms with E-state index < -0.39 is 30.3 Å². The van der Waals surface area contributed by atoms with Crippen molar-refractivity contribution in [3.63, 3.8) is 0 Å². The number of carbonyl (C=O) groups is 1. The first kappa shape index (κ1) is 21.8. The molecule has 1 fully saturated rings. The number of amidine groups is 1. The molecule has 0 bridgehead atoms. The molecule has 2 aliphatic heterocycles. The fraction of sp³-hybridized carbons (Fsp3) is 0.429. The highest BCUT2D eigenvalue weighted by molar-refractivity contribution is 8.13. The summed E-state index contributed by atoms with van der Waals surface area (Å²) >= 11 is 1.29. The Hall–Kier alpha value is -2.46. The van der Waals surface area contributed by atoms with E-state index in [9.17, 15) is 18.0 Å². The van der Waals surface area contributed by atoms with Crippen LogP contribution in [0.25, 0.3) is 0 Å². The molecule has 6 nitrogen and oxygen atoms in total. The predicted molar refractivity (Wildman–Crippen MR) is 111 cm³/mol. The quantitative estimate of drug-likeness (QED) is 0.679. The van der Waals surface area contributed by atoms with Crippen molar-refractivity contribution in [2.24, 2.45) is 16.6 Å². The predicted octanol–water partition coefficient (Wildman–Crippen LogP) is 3.31. The van der Waals surface area contributed by atoms with Crippen LogP contribution in [-0.2, 0) is 16.7 Å². The van der Waals surface area contributed by atoms with Gasteiger partial charge in [0.05, 0.1) is 30.8 Å². The lowest BCUT2D eigenvalue weighted by Crippen LogP contribution is -2.42. The fourth-order valence-corrected chi connectivity index (χ4v) is 5.06. The molecule has 1 unspecified atom stereocenters. The Kier molecular flexibility index (Phi) is 6.02. The number of ether oxygens (including phenoxy) is 1. The van der Waals surface area contributed by atoms with E-state index in [4.69, 9.17) is 10.5 Å². The molecule has 4 atom stereocenters. The first-order valence-corrected chi connectivity index (χ1v) is 10.8. The van der Waals surface area contributed by atoms with Crippen LogP contribution in [-0.4, -0.2) is 46.1 Å². The third-order valence-corrected chi connectivity index (χ3v) is 6.59. The van der Waals surface area contributed by atoms with Gasteiger partial charge in [0, 0.05) is 23.7 Å². The molecule has 10 heteroatoms. The van der Waals surface area contributed by atoms with Gasteiger partial charge >= 0.3 is 0 Å². The number of ketones is 1. The SMILES string of the molecule is CC(F)c1cnc(C(=O)Cc2ccc(F)c([C@]34CO[C@H](CF)[C@H]3CSC(N)=N4)c2)cn1. The molecule has 0 aliphatic carbocycles. The summed E-state index contributed by atoms with van der Waals surface area (Å²) in [5, 5.41) is 0.290. The van der Waals surface area contributed by atoms with E-state index in [0.717, 1.165) is 0 Å². The van der Waals surface area contributed by atoms with E-state index in [1.54, 1.807) is 6.07 Å². The van der Waals surface area contributed by atoms with Gasteiger partial charge in [-0.05, 0) is 24.6 Å². The number of nitrogens with zero attached hydrogens (tertiary/aromatic N) is 3. The highest BCUT2D eigenvalue weighted by Gasteiger charge is 2.54. The zero-order valence-corrected chi connectivity index (χ0v) is 17.5. The normalized spacial score (nSPS) is 26.3. The number of halogens is 3. The zero-order valence-electron chi connectivity index (χ0n) is 16.7. The van der Waals surface area contributed by atoms with E-state index >= 15 is 0 Å². The number of fused-ring (bicyclic) bond motifs is 1. The molecule has 0 spiro atoms. The van der Waals surface area contributed by atoms with E-state index in [0.29, 0.717) is 11.3 Å². The number of carbonyl (C=O) groups excluding carboxylic acids is 1. The molecule has 0 saturated carbocycles. The van der Waals surface area contributed by atoms with Crippen LogP contribution in [0, 0.1) is 11.7 Å². The number of thioether (sulfide) groups is 1. The van der Waals surface area contributed by atoms with E-state index in [-0.39, 0.29) is 46.8 Å². The van der Waals surface area contributed by atoms with E-state index in [1.807, 2.05) is 0 Å². The zero-order chi connectivity index (χ0) is 22.2. The van der Waals surface area contributed by atoms with Crippen molar-refractivity contribution in [1.29, 1.82) is 0 Å². The lowest BCUT2D eigenvalue weighted by Gasteiger charge is -2.35. The van der Waals surface area contributed by atoms with Crippen LogP contribution >= 0.6 is 11.8 Å². The average molecular weight is 450 g/mol. The second kappa shape index (κ2) is 8.58. The van der Waals surface area contributed by atoms with Crippen molar-refractivity contribution in [2.45, 2.75) is 31.2 Å². The molecule has 4 rings (SSSR count). The van der Waals surface area contributed by atoms with Gasteiger partial charge in [-0.15, -0.1) is 0 Å². The highest BCUT2D eigenvalue weighted by Crippen LogP contribution is 2.48. The summed E-state index contributed by atoms with van der Waals surface area (Å²) in [7, 11) is 0. The Morgan fingerprint density at radius 2 is 2.19 bits per heavy atom. The lowest BCUT2D eigenvalue weighted by atomic mass is 9.78. The van der Waals surface area contributed by atoms with Crippen LogP contribution in [0.15, 0.2) is 35.6 Å². The highest BCUT2D eigenvalue weighted by atomic mass is 32.2. The second-order valence-corrected chi connectivity index (χ2v) is 8.69. The van der Waals surface area contributed by atoms with Crippen molar-refractivity contribution in [3.05, 3.63) is 58.9 Å². The summed E-state index contributed by atoms with van der Waals surface area (Å²) < 4.78 is 47.3. The second-order valence-electron chi connectivity index (χ2n) is 7.65. The number of benzene rings is 1. The largest absolute Gasteiger partial charge is 0.379 e. The summed E-state index contributed by atoms with van der Waals surface area (Å²) in [4.78, 5) is 25.0. The molecule has 2 aliphatic rings. The molecular weight excluding hydrogens is 429 g/mol. The number of hydrogen-bond acceptors (Lipinski definition) is 7. The first-order chi connectivity index (χ1) is 14.8. The van der Waals surface area contributed by atoms with Crippen LogP contribution in [0.3, 0.4) is 0 Å². The molecular formula is C21H21F3N4O2S. The topological polar surface area (TPSA) is 90.5 Å². The number of alkyl halides is 2. The maximum atomic E-state index is 14.9. The molecule has 0 radical (unpaired) electrons. The number of aromatic nitrogens is 2. The minimum absolute atomic E-state index is 0.0101. The van der Waals surface area contributed by atoms with Crippen molar-refractivity contribution in [3.8, 4) is 0 Å². The van der Waals surface area contributed by atoms with Gasteiger partial charge in [0.15, 0.2) is 11.0 Å². The molecule has 3 heterocycles. The third-order valence-electron chi connectivity index (χ3n) is 5.68. The van der Waals surface area contributed by atoms with Crippen molar-refractivity contribution < 1.29 is 22.7 Å². The van der Waals surface area contributed by atoms with Gasteiger partial charge in [-0.2, -0.15) is 0 Å². The van der Waals surface area contributed by atoms with Gasteiger partial charge in [0.25, 0.3) is 0 Å². The summed E-state index contributed by atoms with van der Waals surface area (Å²) in [6.07, 6.45) is 0.413. The maximum Gasteiger partial charge on any atom is 0.187 e. The molecule has 1 aromatic carbocycles. The lowest BCUT2D eigenvalue weighted by molar-refractivity contribution is 0.0721. The molecule has 0 amide bonds. The molecule has 31 heavy (non-hydrogen) atoms. The monoisotopic (exact) mass is 450 g/mol. The number of nitrogens with two attached hydrogens (primary N) is 1. The minimum atomic E-state index is -1.29. The summed E-state index contributed by atoms with van der Waals surface area (Å²) in [5.41, 5.74) is 5.79. The van der Waals surface area contributed by atoms with E-state index in [1.165, 1.54) is 43.2 Å². The van der Waals surface area contributed by atoms with Gasteiger partial charge in [0.2, 0.25) is 0 Å². The van der Waals surface area contributed by atoms with Gasteiger partial charge in [0.1, 0.15) is 29.9 Å². The summed E-state index contributed by atoms with van der Waals surface area (Å²) in [5.74, 6) is -0.782. The number of aliphatic imine (C=N–C) groups is 1. The maximum absolute atomic E-state index is 14.9. The fourth-order valence-electron chi connectivity index (χ4n) is 4.00. The smallest absolute Gasteiger partial charge is 0.187 e. The molecule has 2 N–H and O–H groups in total. The average Bonchev–Trinajstić information content (AvgIpc) is 3.13. The van der Waals surface area contributed by atoms with Crippen molar-refractivity contribution in [2.75, 3.05) is 19.0 Å². The molecule has 1 saturated heterocycles. The Morgan fingerprint density at radius 3 is 2.87 bits per heavy atom. The summed E-state index contributed by atoms with van der Waals surface area (Å²) in [6.45, 7) is 0.641. The minimum Gasteiger partial charge on any atom is -0.379 e. The van der Waals surface area contributed by atoms with Crippen LogP contribution in [0.4, 0.5) is 13.2 Å². The number of Topliss-reactive ketones (excluding diaryl/α,β-unsaturated/α-hetero) is 1. The van der Waals surface area contributed by atoms with Gasteiger partial charge in [-0.25, -0.2) is 23.1 Å². The molecule has 1 aromatic heterocycles. The standard InChI is InChI=1S/C21H21F3N4O2S/c1-11(23)16-7-27-17(8-26-16)18(29)5-12-2-3-15(24)13(4-12)21-10-30-19(6-22)14(21)9-31-20(25)28-21/h2-4,7-8,11,14,19H,5-6,9-10H2,1H3,(H2,25,28)/t11?,14-,19-,21-/m1/s1. The number of hydrogen-bond donors (Lipinski definition) is 1. The number of rotatable bonds is 6. The Labute approximate surface area is 181 Å². The Bertz CT molecular complexity index is 1020. The Balaban J connectivity index is 1.64. The van der Waals surface area contributed by atoms with Crippen LogP contribution < -0.4 is 5.73 Å². The third kappa shape index (κ3) is 4.06. The molecule has 164 valence electrons. The van der Waals surface area contributed by atoms with Crippen molar-refractivity contribution >= 4 is 22.7 Å². The van der Waals surface area contributed by atoms with E-state index in [2.05, 4.69) is 15.0 Å². The Morgan fingerprint density at radius 1 is 1.39 bits per heavy atom. The van der Waals surface area contributed by atoms with Crippen LogP contribution in [0.1, 0.15) is 40.4 Å². The summed E-state index contributed by atoms with van der Waals surface area (Å²) in [6, 6.07) is 4.32. The molecule has 2 aromatic rings. The van der Waals surface area contributed by atoms with Gasteiger partial charge in [-0.3, -0.25) is 9.78 Å². The van der Waals surface area contributed by atoms with Crippen LogP contribution in [0.2, 0.25) is 0 Å².